The number of hydrogen-bond donors (Lipinski definition) is 0. The van der Waals surface area contributed by atoms with Crippen molar-refractivity contribution in [3.8, 4) is 11.9 Å². The molecule has 0 amide bonds. The van der Waals surface area contributed by atoms with Crippen molar-refractivity contribution in [2.45, 2.75) is 24.2 Å². The molecule has 0 aliphatic carbocycles. The monoisotopic (exact) mass is 394 g/mol. The summed E-state index contributed by atoms with van der Waals surface area (Å²) in [7, 11) is 0. The molecule has 0 atom stereocenters. The van der Waals surface area contributed by atoms with Crippen LogP contribution in [-0.4, -0.2) is 42.1 Å². The van der Waals surface area contributed by atoms with Gasteiger partial charge in [-0.25, -0.2) is 4.98 Å². The fourth-order valence-electron chi connectivity index (χ4n) is 2.96. The molecule has 0 saturated heterocycles. The number of thioether (sulfide) groups is 1. The maximum atomic E-state index is 12.6. The van der Waals surface area contributed by atoms with Gasteiger partial charge in [0.15, 0.2) is 23.1 Å². The van der Waals surface area contributed by atoms with Crippen LogP contribution in [-0.2, 0) is 12.8 Å². The van der Waals surface area contributed by atoms with Crippen molar-refractivity contribution in [2.24, 2.45) is 0 Å². The first kappa shape index (κ1) is 19.3. The van der Waals surface area contributed by atoms with Crippen LogP contribution in [0.3, 0.4) is 0 Å². The predicted molar refractivity (Wildman–Crippen MR) is 96.1 cm³/mol. The lowest BCUT2D eigenvalue weighted by atomic mass is 10.0. The summed E-state index contributed by atoms with van der Waals surface area (Å²) in [5.41, 5.74) is 2.39. The number of halogens is 3. The van der Waals surface area contributed by atoms with Gasteiger partial charge in [0, 0.05) is 13.1 Å². The highest BCUT2D eigenvalue weighted by Gasteiger charge is 2.30. The molecule has 1 aliphatic rings. The van der Waals surface area contributed by atoms with Crippen molar-refractivity contribution in [3.63, 3.8) is 0 Å². The zero-order valence-corrected chi connectivity index (χ0v) is 15.4. The summed E-state index contributed by atoms with van der Waals surface area (Å²) < 4.78 is 42.5. The predicted octanol–water partition coefficient (Wildman–Crippen LogP) is 3.62. The summed E-state index contributed by atoms with van der Waals surface area (Å²) in [5, 5.41) is 9.81. The zero-order valence-electron chi connectivity index (χ0n) is 14.6. The number of aromatic nitrogens is 2. The summed E-state index contributed by atoms with van der Waals surface area (Å²) in [5.74, 6) is -0.00670. The standard InChI is InChI=1S/C18H17F3N4OS/c1-27-17-23-15(14(10-22)16(24-17)26-11-18(19,20)21)25-8-6-12-4-2-3-5-13(12)7-9-25/h2-5H,6-9,11H2,1H3. The molecule has 27 heavy (non-hydrogen) atoms. The van der Waals surface area contributed by atoms with E-state index in [9.17, 15) is 18.4 Å². The zero-order chi connectivity index (χ0) is 19.4. The van der Waals surface area contributed by atoms with E-state index in [1.807, 2.05) is 23.1 Å². The van der Waals surface area contributed by atoms with Crippen LogP contribution in [0.2, 0.25) is 0 Å². The van der Waals surface area contributed by atoms with Crippen LogP contribution < -0.4 is 9.64 Å². The number of rotatable bonds is 4. The van der Waals surface area contributed by atoms with Crippen molar-refractivity contribution in [1.29, 1.82) is 5.26 Å². The largest absolute Gasteiger partial charge is 0.467 e. The van der Waals surface area contributed by atoms with Gasteiger partial charge < -0.3 is 9.64 Å². The van der Waals surface area contributed by atoms with E-state index >= 15 is 0 Å². The van der Waals surface area contributed by atoms with Gasteiger partial charge in [-0.15, -0.1) is 0 Å². The third-order valence-corrected chi connectivity index (χ3v) is 4.77. The van der Waals surface area contributed by atoms with Crippen molar-refractivity contribution >= 4 is 17.6 Å². The second-order valence-electron chi connectivity index (χ2n) is 5.99. The van der Waals surface area contributed by atoms with Crippen LogP contribution in [0.25, 0.3) is 0 Å². The number of hydrogen-bond acceptors (Lipinski definition) is 6. The van der Waals surface area contributed by atoms with Crippen molar-refractivity contribution in [3.05, 3.63) is 41.0 Å². The molecule has 1 aliphatic heterocycles. The molecule has 142 valence electrons. The normalized spacial score (nSPS) is 14.3. The summed E-state index contributed by atoms with van der Waals surface area (Å²) in [6, 6.07) is 10.0. The Labute approximate surface area is 159 Å². The molecule has 2 heterocycles. The number of fused-ring (bicyclic) bond motifs is 1. The Morgan fingerprint density at radius 3 is 2.33 bits per heavy atom. The van der Waals surface area contributed by atoms with Crippen LogP contribution in [0, 0.1) is 11.3 Å². The maximum Gasteiger partial charge on any atom is 0.422 e. The van der Waals surface area contributed by atoms with Gasteiger partial charge in [-0.05, 0) is 30.2 Å². The van der Waals surface area contributed by atoms with Gasteiger partial charge in [0.2, 0.25) is 5.88 Å². The molecule has 0 unspecified atom stereocenters. The van der Waals surface area contributed by atoms with Crippen LogP contribution >= 0.6 is 11.8 Å². The minimum atomic E-state index is -4.51. The molecule has 2 aromatic rings. The van der Waals surface area contributed by atoms with Crippen LogP contribution in [0.15, 0.2) is 29.4 Å². The Morgan fingerprint density at radius 2 is 1.81 bits per heavy atom. The fourth-order valence-corrected chi connectivity index (χ4v) is 3.31. The SMILES string of the molecule is CSc1nc(OCC(F)(F)F)c(C#N)c(N2CCc3ccccc3CC2)n1. The highest BCUT2D eigenvalue weighted by Crippen LogP contribution is 2.31. The van der Waals surface area contributed by atoms with E-state index in [2.05, 4.69) is 22.1 Å². The van der Waals surface area contributed by atoms with E-state index in [0.29, 0.717) is 18.9 Å². The molecule has 0 N–H and O–H groups in total. The number of nitriles is 1. The molecule has 3 rings (SSSR count). The first-order valence-corrected chi connectivity index (χ1v) is 9.51. The van der Waals surface area contributed by atoms with Gasteiger partial charge in [-0.2, -0.15) is 23.4 Å². The number of ether oxygens (including phenoxy) is 1. The number of benzene rings is 1. The molecule has 1 aromatic heterocycles. The topological polar surface area (TPSA) is 62.0 Å². The van der Waals surface area contributed by atoms with Crippen molar-refractivity contribution in [2.75, 3.05) is 30.9 Å². The molecule has 0 saturated carbocycles. The molecular formula is C18H17F3N4OS. The maximum absolute atomic E-state index is 12.6. The van der Waals surface area contributed by atoms with E-state index in [0.717, 1.165) is 12.8 Å². The number of nitrogens with zero attached hydrogens (tertiary/aromatic N) is 4. The molecule has 5 nitrogen and oxygen atoms in total. The minimum Gasteiger partial charge on any atom is -0.467 e. The lowest BCUT2D eigenvalue weighted by Crippen LogP contribution is -2.29. The molecule has 1 aromatic carbocycles. The van der Waals surface area contributed by atoms with Crippen LogP contribution in [0.5, 0.6) is 5.88 Å². The van der Waals surface area contributed by atoms with E-state index in [4.69, 9.17) is 4.74 Å². The third-order valence-electron chi connectivity index (χ3n) is 4.22. The second kappa shape index (κ2) is 8.05. The Hall–Kier alpha value is -2.47. The molecule has 9 heteroatoms. The second-order valence-corrected chi connectivity index (χ2v) is 6.76. The first-order chi connectivity index (χ1) is 12.9. The molecular weight excluding hydrogens is 377 g/mol. The van der Waals surface area contributed by atoms with E-state index in [1.165, 1.54) is 22.9 Å². The summed E-state index contributed by atoms with van der Waals surface area (Å²) >= 11 is 1.19. The van der Waals surface area contributed by atoms with Crippen molar-refractivity contribution < 1.29 is 17.9 Å². The number of alkyl halides is 3. The first-order valence-electron chi connectivity index (χ1n) is 8.28. The van der Waals surface area contributed by atoms with Gasteiger partial charge in [0.25, 0.3) is 0 Å². The van der Waals surface area contributed by atoms with Crippen molar-refractivity contribution in [1.82, 2.24) is 9.97 Å². The Balaban J connectivity index is 1.93. The molecule has 0 bridgehead atoms. The Bertz CT molecular complexity index is 840. The fraction of sp³-hybridized carbons (Fsp3) is 0.389. The lowest BCUT2D eigenvalue weighted by Gasteiger charge is -2.23. The van der Waals surface area contributed by atoms with E-state index < -0.39 is 12.8 Å². The highest BCUT2D eigenvalue weighted by atomic mass is 32.2. The smallest absolute Gasteiger partial charge is 0.422 e. The Kier molecular flexibility index (Phi) is 5.75. The highest BCUT2D eigenvalue weighted by molar-refractivity contribution is 7.98. The van der Waals surface area contributed by atoms with Crippen LogP contribution in [0.4, 0.5) is 19.0 Å². The van der Waals surface area contributed by atoms with Gasteiger partial charge in [-0.3, -0.25) is 0 Å². The molecule has 0 fully saturated rings. The summed E-state index contributed by atoms with van der Waals surface area (Å²) in [4.78, 5) is 10.3. The van der Waals surface area contributed by atoms with E-state index in [1.54, 1.807) is 6.26 Å². The lowest BCUT2D eigenvalue weighted by molar-refractivity contribution is -0.154. The van der Waals surface area contributed by atoms with Gasteiger partial charge in [0.1, 0.15) is 6.07 Å². The summed E-state index contributed by atoms with van der Waals surface area (Å²) in [6.45, 7) is -0.290. The van der Waals surface area contributed by atoms with Gasteiger partial charge >= 0.3 is 6.18 Å². The quantitative estimate of drug-likeness (QED) is 0.583. The van der Waals surface area contributed by atoms with Gasteiger partial charge in [-0.1, -0.05) is 36.0 Å². The average molecular weight is 394 g/mol. The molecule has 0 radical (unpaired) electrons. The van der Waals surface area contributed by atoms with Crippen LogP contribution in [0.1, 0.15) is 16.7 Å². The third kappa shape index (κ3) is 4.63. The number of anilines is 1. The van der Waals surface area contributed by atoms with Gasteiger partial charge in [0.05, 0.1) is 0 Å². The Morgan fingerprint density at radius 1 is 1.19 bits per heavy atom. The minimum absolute atomic E-state index is 0.0667. The van der Waals surface area contributed by atoms with E-state index in [-0.39, 0.29) is 16.6 Å². The molecule has 0 spiro atoms. The average Bonchev–Trinajstić information content (AvgIpc) is 2.87. The summed E-state index contributed by atoms with van der Waals surface area (Å²) in [6.07, 6.45) is -1.27.